The summed E-state index contributed by atoms with van der Waals surface area (Å²) in [4.78, 5) is 8.63. The van der Waals surface area contributed by atoms with Gasteiger partial charge in [-0.3, -0.25) is 0 Å². The van der Waals surface area contributed by atoms with E-state index in [9.17, 15) is 0 Å². The molecule has 0 unspecified atom stereocenters. The number of halogens is 2. The molecule has 7 heteroatoms. The maximum Gasteiger partial charge on any atom is 0.226 e. The lowest BCUT2D eigenvalue weighted by Crippen LogP contribution is -2.35. The van der Waals surface area contributed by atoms with E-state index in [1.807, 2.05) is 13.0 Å². The molecule has 1 aliphatic rings. The predicted octanol–water partition coefficient (Wildman–Crippen LogP) is 1.80. The molecule has 0 atom stereocenters. The lowest BCUT2D eigenvalue weighted by Gasteiger charge is -2.23. The van der Waals surface area contributed by atoms with Gasteiger partial charge in [-0.1, -0.05) is 0 Å². The van der Waals surface area contributed by atoms with Crippen molar-refractivity contribution in [3.8, 4) is 5.88 Å². The largest absolute Gasteiger partial charge is 0.481 e. The van der Waals surface area contributed by atoms with E-state index in [0.29, 0.717) is 17.9 Å². The van der Waals surface area contributed by atoms with E-state index in [1.165, 1.54) is 0 Å². The van der Waals surface area contributed by atoms with Crippen molar-refractivity contribution < 1.29 is 4.74 Å². The number of nitrogens with zero attached hydrogens (tertiary/aromatic N) is 2. The van der Waals surface area contributed by atoms with E-state index in [2.05, 4.69) is 20.6 Å². The van der Waals surface area contributed by atoms with Gasteiger partial charge in [-0.15, -0.1) is 24.8 Å². The fraction of sp³-hybridized carbons (Fsp3) is 0.636. The lowest BCUT2D eigenvalue weighted by atomic mass is 10.1. The minimum Gasteiger partial charge on any atom is -0.481 e. The van der Waals surface area contributed by atoms with E-state index in [0.717, 1.165) is 31.6 Å². The van der Waals surface area contributed by atoms with Crippen LogP contribution in [0.15, 0.2) is 6.07 Å². The average molecular weight is 295 g/mol. The topological polar surface area (TPSA) is 59.1 Å². The van der Waals surface area contributed by atoms with Crippen molar-refractivity contribution >= 4 is 30.8 Å². The summed E-state index contributed by atoms with van der Waals surface area (Å²) in [6.07, 6.45) is 2.22. The van der Waals surface area contributed by atoms with Crippen LogP contribution in [-0.2, 0) is 0 Å². The molecule has 2 N–H and O–H groups in total. The SMILES string of the molecule is COc1cc(C)nc(NC2CCNCC2)n1.Cl.Cl. The molecule has 1 fully saturated rings. The fourth-order valence-corrected chi connectivity index (χ4v) is 1.86. The van der Waals surface area contributed by atoms with Crippen LogP contribution in [0, 0.1) is 6.92 Å². The van der Waals surface area contributed by atoms with Crippen LogP contribution in [0.2, 0.25) is 0 Å². The number of methoxy groups -OCH3 is 1. The molecule has 2 rings (SSSR count). The average Bonchev–Trinajstić information content (AvgIpc) is 2.29. The first-order valence-electron chi connectivity index (χ1n) is 5.65. The molecule has 0 aliphatic carbocycles. The Labute approximate surface area is 120 Å². The molecular formula is C11H20Cl2N4O. The van der Waals surface area contributed by atoms with E-state index in [4.69, 9.17) is 4.74 Å². The van der Waals surface area contributed by atoms with E-state index in [1.54, 1.807) is 7.11 Å². The van der Waals surface area contributed by atoms with Crippen molar-refractivity contribution in [2.45, 2.75) is 25.8 Å². The highest BCUT2D eigenvalue weighted by Gasteiger charge is 2.14. The van der Waals surface area contributed by atoms with Crippen LogP contribution in [0.4, 0.5) is 5.95 Å². The van der Waals surface area contributed by atoms with Crippen molar-refractivity contribution in [1.29, 1.82) is 0 Å². The first-order valence-corrected chi connectivity index (χ1v) is 5.65. The summed E-state index contributed by atoms with van der Waals surface area (Å²) in [5, 5.41) is 6.68. The lowest BCUT2D eigenvalue weighted by molar-refractivity contribution is 0.396. The van der Waals surface area contributed by atoms with Crippen molar-refractivity contribution in [1.82, 2.24) is 15.3 Å². The minimum atomic E-state index is 0. The molecule has 0 saturated carbocycles. The van der Waals surface area contributed by atoms with Gasteiger partial charge >= 0.3 is 0 Å². The monoisotopic (exact) mass is 294 g/mol. The van der Waals surface area contributed by atoms with Gasteiger partial charge in [0.2, 0.25) is 11.8 Å². The van der Waals surface area contributed by atoms with Gasteiger partial charge in [0, 0.05) is 17.8 Å². The molecule has 0 aromatic carbocycles. The predicted molar refractivity (Wildman–Crippen MR) is 77.3 cm³/mol. The van der Waals surface area contributed by atoms with Crippen molar-refractivity contribution in [3.05, 3.63) is 11.8 Å². The van der Waals surface area contributed by atoms with Crippen LogP contribution in [-0.4, -0.2) is 36.2 Å². The van der Waals surface area contributed by atoms with Crippen LogP contribution in [0.1, 0.15) is 18.5 Å². The molecule has 1 aromatic rings. The zero-order chi connectivity index (χ0) is 11.4. The van der Waals surface area contributed by atoms with Gasteiger partial charge in [-0.05, 0) is 32.9 Å². The van der Waals surface area contributed by atoms with Crippen LogP contribution < -0.4 is 15.4 Å². The molecule has 0 amide bonds. The Balaban J connectivity index is 0.00000144. The second-order valence-corrected chi connectivity index (χ2v) is 4.04. The Hall–Kier alpha value is -0.780. The van der Waals surface area contributed by atoms with Gasteiger partial charge in [0.05, 0.1) is 7.11 Å². The first kappa shape index (κ1) is 17.2. The summed E-state index contributed by atoms with van der Waals surface area (Å²) in [5.41, 5.74) is 0.920. The Bertz CT molecular complexity index is 359. The van der Waals surface area contributed by atoms with Gasteiger partial charge in [-0.2, -0.15) is 4.98 Å². The van der Waals surface area contributed by atoms with Crippen LogP contribution in [0.5, 0.6) is 5.88 Å². The van der Waals surface area contributed by atoms with Gasteiger partial charge in [0.1, 0.15) is 0 Å². The third kappa shape index (κ3) is 4.84. The number of rotatable bonds is 3. The number of ether oxygens (including phenoxy) is 1. The molecular weight excluding hydrogens is 275 g/mol. The maximum atomic E-state index is 5.12. The minimum absolute atomic E-state index is 0. The van der Waals surface area contributed by atoms with Crippen LogP contribution >= 0.6 is 24.8 Å². The number of aromatic nitrogens is 2. The first-order chi connectivity index (χ1) is 7.78. The molecule has 18 heavy (non-hydrogen) atoms. The molecule has 1 aromatic heterocycles. The second kappa shape index (κ2) is 8.34. The quantitative estimate of drug-likeness (QED) is 0.890. The third-order valence-corrected chi connectivity index (χ3v) is 2.71. The van der Waals surface area contributed by atoms with Gasteiger partial charge in [-0.25, -0.2) is 4.98 Å². The molecule has 2 heterocycles. The second-order valence-electron chi connectivity index (χ2n) is 4.04. The van der Waals surface area contributed by atoms with E-state index in [-0.39, 0.29) is 24.8 Å². The number of anilines is 1. The summed E-state index contributed by atoms with van der Waals surface area (Å²) in [5.74, 6) is 1.28. The summed E-state index contributed by atoms with van der Waals surface area (Å²) < 4.78 is 5.12. The zero-order valence-electron chi connectivity index (χ0n) is 10.6. The molecule has 0 bridgehead atoms. The van der Waals surface area contributed by atoms with Gasteiger partial charge in [0.15, 0.2) is 0 Å². The third-order valence-electron chi connectivity index (χ3n) is 2.71. The summed E-state index contributed by atoms with van der Waals surface area (Å²) in [7, 11) is 1.62. The van der Waals surface area contributed by atoms with E-state index >= 15 is 0 Å². The highest BCUT2D eigenvalue weighted by atomic mass is 35.5. The summed E-state index contributed by atoms with van der Waals surface area (Å²) >= 11 is 0. The van der Waals surface area contributed by atoms with Gasteiger partial charge < -0.3 is 15.4 Å². The normalized spacial score (nSPS) is 15.2. The number of aryl methyl sites for hydroxylation is 1. The Morgan fingerprint density at radius 3 is 2.56 bits per heavy atom. The molecule has 104 valence electrons. The molecule has 1 aliphatic heterocycles. The molecule has 0 spiro atoms. The number of hydrogen-bond donors (Lipinski definition) is 2. The van der Waals surface area contributed by atoms with E-state index < -0.39 is 0 Å². The molecule has 0 radical (unpaired) electrons. The van der Waals surface area contributed by atoms with Crippen molar-refractivity contribution in [3.63, 3.8) is 0 Å². The fourth-order valence-electron chi connectivity index (χ4n) is 1.86. The molecule has 5 nitrogen and oxygen atoms in total. The highest BCUT2D eigenvalue weighted by Crippen LogP contribution is 2.14. The highest BCUT2D eigenvalue weighted by molar-refractivity contribution is 5.85. The van der Waals surface area contributed by atoms with Crippen molar-refractivity contribution in [2.24, 2.45) is 0 Å². The number of piperidine rings is 1. The smallest absolute Gasteiger partial charge is 0.226 e. The Kier molecular flexibility index (Phi) is 7.98. The molecule has 1 saturated heterocycles. The van der Waals surface area contributed by atoms with Crippen molar-refractivity contribution in [2.75, 3.05) is 25.5 Å². The zero-order valence-corrected chi connectivity index (χ0v) is 12.2. The Morgan fingerprint density at radius 2 is 1.94 bits per heavy atom. The number of hydrogen-bond acceptors (Lipinski definition) is 5. The van der Waals surface area contributed by atoms with Gasteiger partial charge in [0.25, 0.3) is 0 Å². The Morgan fingerprint density at radius 1 is 1.28 bits per heavy atom. The standard InChI is InChI=1S/C11H18N4O.2ClH/c1-8-7-10(16-2)15-11(13-8)14-9-3-5-12-6-4-9;;/h7,9,12H,3-6H2,1-2H3,(H,13,14,15);2*1H. The summed E-state index contributed by atoms with van der Waals surface area (Å²) in [6, 6.07) is 2.29. The summed E-state index contributed by atoms with van der Waals surface area (Å²) in [6.45, 7) is 4.05. The van der Waals surface area contributed by atoms with Crippen LogP contribution in [0.3, 0.4) is 0 Å². The van der Waals surface area contributed by atoms with Crippen LogP contribution in [0.25, 0.3) is 0 Å². The number of nitrogens with one attached hydrogen (secondary N) is 2. The maximum absolute atomic E-state index is 5.12.